The van der Waals surface area contributed by atoms with Crippen molar-refractivity contribution >= 4 is 50.7 Å². The summed E-state index contributed by atoms with van der Waals surface area (Å²) in [7, 11) is 17.8. The van der Waals surface area contributed by atoms with Gasteiger partial charge in [0.25, 0.3) is 0 Å². The van der Waals surface area contributed by atoms with Crippen molar-refractivity contribution in [2.75, 3.05) is 0 Å². The molecule has 281 valence electrons. The van der Waals surface area contributed by atoms with Crippen molar-refractivity contribution in [2.24, 2.45) is 11.8 Å². The van der Waals surface area contributed by atoms with Gasteiger partial charge in [-0.3, -0.25) is 0 Å². The first-order chi connectivity index (χ1) is 26.1. The van der Waals surface area contributed by atoms with E-state index in [1.807, 2.05) is 0 Å². The Balaban J connectivity index is 1.42. The predicted octanol–water partition coefficient (Wildman–Crippen LogP) is 16.5. The van der Waals surface area contributed by atoms with Crippen molar-refractivity contribution in [3.8, 4) is 22.3 Å². The van der Waals surface area contributed by atoms with Gasteiger partial charge in [0.2, 0.25) is 0 Å². The van der Waals surface area contributed by atoms with E-state index in [-0.39, 0.29) is 7.25 Å². The van der Waals surface area contributed by atoms with Gasteiger partial charge >= 0.3 is 340 Å². The molecule has 8 rings (SSSR count). The molecule has 0 saturated heterocycles. The van der Waals surface area contributed by atoms with E-state index < -0.39 is 16.4 Å². The van der Waals surface area contributed by atoms with Crippen LogP contribution in [0.3, 0.4) is 0 Å². The molecule has 6 aromatic rings. The van der Waals surface area contributed by atoms with E-state index in [0.29, 0.717) is 11.8 Å². The van der Waals surface area contributed by atoms with Gasteiger partial charge in [-0.15, -0.1) is 0 Å². The van der Waals surface area contributed by atoms with Crippen LogP contribution in [0.25, 0.3) is 56.0 Å². The molecular formula is C52H55Cl2Zr. The van der Waals surface area contributed by atoms with Crippen LogP contribution in [0.4, 0.5) is 0 Å². The molecular weight excluding hydrogens is 787 g/mol. The van der Waals surface area contributed by atoms with Gasteiger partial charge in [0.15, 0.2) is 0 Å². The molecule has 0 radical (unpaired) electrons. The summed E-state index contributed by atoms with van der Waals surface area (Å²) < 4.78 is 0.778. The Bertz CT molecular complexity index is 2470. The molecule has 55 heavy (non-hydrogen) atoms. The van der Waals surface area contributed by atoms with E-state index in [2.05, 4.69) is 173 Å². The molecule has 0 N–H and O–H groups in total. The number of halogens is 2. The summed E-state index contributed by atoms with van der Waals surface area (Å²) in [5.41, 5.74) is 21.6. The van der Waals surface area contributed by atoms with Crippen LogP contribution >= 0.6 is 17.0 Å². The van der Waals surface area contributed by atoms with Gasteiger partial charge < -0.3 is 0 Å². The predicted molar refractivity (Wildman–Crippen MR) is 240 cm³/mol. The van der Waals surface area contributed by atoms with Gasteiger partial charge in [0.1, 0.15) is 0 Å². The monoisotopic (exact) mass is 839 g/mol. The van der Waals surface area contributed by atoms with Crippen molar-refractivity contribution in [3.63, 3.8) is 0 Å². The summed E-state index contributed by atoms with van der Waals surface area (Å²) in [4.78, 5) is 0. The summed E-state index contributed by atoms with van der Waals surface area (Å²) in [6.45, 7) is 25.7. The number of rotatable bonds is 7. The molecule has 2 aliphatic rings. The fraction of sp³-hybridized carbons (Fsp3) is 0.308. The molecule has 2 atom stereocenters. The standard InChI is InChI=1S/2C25H25.C2H5.2ClH.Zr/c2*1-15(2)22-13-23-17(4)16(3)18(5)25(24(23)14-22)21-11-10-19-8-6-7-9-20(19)12-21;1-2;;;/h2*6-15H,1-5H3;1H2,2H3;2*1H;/q;;;;;+2/p-2. The molecule has 0 fully saturated rings. The van der Waals surface area contributed by atoms with Crippen molar-refractivity contribution in [3.05, 3.63) is 152 Å². The molecule has 0 saturated carbocycles. The zero-order valence-electron chi connectivity index (χ0n) is 34.5. The summed E-state index contributed by atoms with van der Waals surface area (Å²) >= 11 is -5.13. The molecule has 0 nitrogen and oxygen atoms in total. The summed E-state index contributed by atoms with van der Waals surface area (Å²) in [5, 5.41) is 5.05. The summed E-state index contributed by atoms with van der Waals surface area (Å²) in [6.07, 6.45) is 5.07. The van der Waals surface area contributed by atoms with Crippen LogP contribution in [0, 0.1) is 53.4 Å². The number of benzene rings is 6. The fourth-order valence-corrected chi connectivity index (χ4v) is 29.1. The second-order valence-electron chi connectivity index (χ2n) is 17.4. The van der Waals surface area contributed by atoms with E-state index in [0.717, 1.165) is 4.13 Å². The second-order valence-corrected chi connectivity index (χ2v) is 40.4. The normalized spacial score (nSPS) is 17.5. The minimum atomic E-state index is -5.13. The van der Waals surface area contributed by atoms with Crippen LogP contribution in [0.5, 0.6) is 0 Å². The topological polar surface area (TPSA) is 0 Å². The average molecular weight is 842 g/mol. The molecule has 0 amide bonds. The van der Waals surface area contributed by atoms with Gasteiger partial charge in [-0.1, -0.05) is 0 Å². The Labute approximate surface area is 337 Å². The van der Waals surface area contributed by atoms with Crippen molar-refractivity contribution < 1.29 is 16.4 Å². The fourth-order valence-electron chi connectivity index (χ4n) is 10.6. The Morgan fingerprint density at radius 1 is 0.491 bits per heavy atom. The third kappa shape index (κ3) is 5.77. The quantitative estimate of drug-likeness (QED) is 0.150. The Morgan fingerprint density at radius 3 is 1.20 bits per heavy atom. The molecule has 0 aromatic heterocycles. The first kappa shape index (κ1) is 38.6. The van der Waals surface area contributed by atoms with E-state index in [9.17, 15) is 0 Å². The van der Waals surface area contributed by atoms with Crippen LogP contribution in [0.2, 0.25) is 4.13 Å². The third-order valence-electron chi connectivity index (χ3n) is 14.1. The van der Waals surface area contributed by atoms with E-state index in [1.54, 1.807) is 0 Å². The average Bonchev–Trinajstić information content (AvgIpc) is 3.79. The minimum absolute atomic E-state index is 0.00786. The van der Waals surface area contributed by atoms with Crippen molar-refractivity contribution in [2.45, 2.75) is 87.5 Å². The van der Waals surface area contributed by atoms with Gasteiger partial charge in [0, 0.05) is 0 Å². The molecule has 2 unspecified atom stereocenters. The molecule has 6 aromatic carbocycles. The molecule has 0 aliphatic heterocycles. The number of hydrogen-bond acceptors (Lipinski definition) is 0. The van der Waals surface area contributed by atoms with Crippen molar-refractivity contribution in [1.29, 1.82) is 0 Å². The molecule has 0 spiro atoms. The van der Waals surface area contributed by atoms with Gasteiger partial charge in [-0.25, -0.2) is 0 Å². The van der Waals surface area contributed by atoms with Crippen LogP contribution in [-0.4, -0.2) is 0 Å². The summed E-state index contributed by atoms with van der Waals surface area (Å²) in [5.74, 6) is 0.584. The van der Waals surface area contributed by atoms with Gasteiger partial charge in [0.05, 0.1) is 0 Å². The Hall–Kier alpha value is -3.22. The number of allylic oxidation sites excluding steroid dienone is 2. The molecule has 0 bridgehead atoms. The first-order valence-electron chi connectivity index (χ1n) is 20.3. The maximum atomic E-state index is 8.90. The SMILES string of the molecule is C[CH2][Zr]([Cl])([Cl])([CH]1C(C(C)C)=Cc2c(-c3ccc4ccccc4c3)c(C)c(C)c(C)c21)[CH]1C(C(C)C)=Cc2c(-c3ccc4ccccc4c3)c(C)c(C)c(C)c21. The van der Waals surface area contributed by atoms with Crippen molar-refractivity contribution in [1.82, 2.24) is 0 Å². The Kier molecular flexibility index (Phi) is 9.64. The first-order valence-corrected chi connectivity index (χ1v) is 31.2. The number of hydrogen-bond donors (Lipinski definition) is 0. The molecule has 2 aliphatic carbocycles. The van der Waals surface area contributed by atoms with E-state index in [1.165, 1.54) is 111 Å². The van der Waals surface area contributed by atoms with Crippen LogP contribution < -0.4 is 0 Å². The number of fused-ring (bicyclic) bond motifs is 4. The molecule has 3 heteroatoms. The van der Waals surface area contributed by atoms with Crippen LogP contribution in [0.1, 0.15) is 97.5 Å². The Morgan fingerprint density at radius 2 is 0.855 bits per heavy atom. The maximum absolute atomic E-state index is 8.90. The zero-order chi connectivity index (χ0) is 39.3. The zero-order valence-corrected chi connectivity index (χ0v) is 38.5. The van der Waals surface area contributed by atoms with Crippen LogP contribution in [-0.2, 0) is 16.4 Å². The van der Waals surface area contributed by atoms with Gasteiger partial charge in [-0.05, 0) is 0 Å². The third-order valence-corrected chi connectivity index (χ3v) is 34.6. The van der Waals surface area contributed by atoms with E-state index in [4.69, 9.17) is 17.0 Å². The van der Waals surface area contributed by atoms with Crippen LogP contribution in [0.15, 0.2) is 96.1 Å². The molecule has 0 heterocycles. The second kappa shape index (κ2) is 13.7. The van der Waals surface area contributed by atoms with E-state index >= 15 is 0 Å². The summed E-state index contributed by atoms with van der Waals surface area (Å²) in [6, 6.07) is 31.3. The van der Waals surface area contributed by atoms with Gasteiger partial charge in [-0.2, -0.15) is 0 Å².